The molecule has 0 N–H and O–H groups in total. The molecule has 186 valence electrons. The molecule has 35 heavy (non-hydrogen) atoms. The minimum atomic E-state index is -0.243. The smallest absolute Gasteiger partial charge is 0.233 e. The van der Waals surface area contributed by atoms with Gasteiger partial charge in [-0.15, -0.1) is 0 Å². The molecule has 1 saturated carbocycles. The van der Waals surface area contributed by atoms with Gasteiger partial charge in [-0.1, -0.05) is 35.5 Å². The Hall–Kier alpha value is -2.59. The third-order valence-electron chi connectivity index (χ3n) is 6.65. The average Bonchev–Trinajstić information content (AvgIpc) is 3.73. The summed E-state index contributed by atoms with van der Waals surface area (Å²) in [5.41, 5.74) is 0.576. The first-order chi connectivity index (χ1) is 17.0. The fourth-order valence-electron chi connectivity index (χ4n) is 4.48. The number of aromatic nitrogens is 2. The molecule has 2 saturated heterocycles. The van der Waals surface area contributed by atoms with Crippen molar-refractivity contribution < 1.29 is 14.0 Å². The molecule has 2 aliphatic heterocycles. The number of nitrogens with zero attached hydrogens (tertiary/aromatic N) is 6. The van der Waals surface area contributed by atoms with Gasteiger partial charge in [-0.05, 0) is 25.0 Å². The van der Waals surface area contributed by atoms with Gasteiger partial charge in [0, 0.05) is 64.3 Å². The second kappa shape index (κ2) is 10.6. The molecule has 5 rings (SSSR count). The fourth-order valence-corrected chi connectivity index (χ4v) is 5.46. The lowest BCUT2D eigenvalue weighted by Gasteiger charge is -2.36. The fraction of sp³-hybridized carbons (Fsp3) is 0.500. The highest BCUT2D eigenvalue weighted by Crippen LogP contribution is 2.31. The van der Waals surface area contributed by atoms with Crippen LogP contribution in [0.1, 0.15) is 12.8 Å². The van der Waals surface area contributed by atoms with Crippen LogP contribution >= 0.6 is 23.4 Å². The summed E-state index contributed by atoms with van der Waals surface area (Å²) in [6.07, 6.45) is 2.03. The Labute approximate surface area is 213 Å². The van der Waals surface area contributed by atoms with E-state index in [9.17, 15) is 14.0 Å². The highest BCUT2D eigenvalue weighted by atomic mass is 35.5. The molecule has 0 radical (unpaired) electrons. The lowest BCUT2D eigenvalue weighted by atomic mass is 10.2. The van der Waals surface area contributed by atoms with Crippen molar-refractivity contribution in [2.75, 3.05) is 67.9 Å². The van der Waals surface area contributed by atoms with Crippen molar-refractivity contribution in [2.45, 2.75) is 18.0 Å². The molecule has 0 unspecified atom stereocenters. The lowest BCUT2D eigenvalue weighted by Crippen LogP contribution is -2.49. The maximum Gasteiger partial charge on any atom is 0.233 e. The first-order valence-corrected chi connectivity index (χ1v) is 13.3. The number of anilines is 2. The molecule has 3 fully saturated rings. The highest BCUT2D eigenvalue weighted by molar-refractivity contribution is 7.99. The Morgan fingerprint density at radius 2 is 1.60 bits per heavy atom. The number of para-hydroxylation sites is 1. The second-order valence-corrected chi connectivity index (χ2v) is 10.4. The summed E-state index contributed by atoms with van der Waals surface area (Å²) >= 11 is 7.53. The van der Waals surface area contributed by atoms with Crippen molar-refractivity contribution in [3.8, 4) is 0 Å². The highest BCUT2D eigenvalue weighted by Gasteiger charge is 2.34. The van der Waals surface area contributed by atoms with Crippen molar-refractivity contribution in [2.24, 2.45) is 5.92 Å². The van der Waals surface area contributed by atoms with Gasteiger partial charge in [-0.3, -0.25) is 9.59 Å². The van der Waals surface area contributed by atoms with E-state index in [1.54, 1.807) is 23.1 Å². The minimum absolute atomic E-state index is 0.000474. The molecular formula is C24H28ClFN6O2S. The Morgan fingerprint density at radius 1 is 0.943 bits per heavy atom. The Bertz CT molecular complexity index is 1090. The summed E-state index contributed by atoms with van der Waals surface area (Å²) in [5.74, 6) is 1.20. The van der Waals surface area contributed by atoms with E-state index in [0.29, 0.717) is 68.4 Å². The number of hydrogen-bond acceptors (Lipinski definition) is 7. The normalized spacial score (nSPS) is 18.7. The monoisotopic (exact) mass is 518 g/mol. The third kappa shape index (κ3) is 5.81. The number of hydrogen-bond donors (Lipinski definition) is 0. The Kier molecular flexibility index (Phi) is 7.29. The third-order valence-corrected chi connectivity index (χ3v) is 7.68. The number of amides is 2. The van der Waals surface area contributed by atoms with Crippen LogP contribution in [-0.2, 0) is 9.59 Å². The zero-order chi connectivity index (χ0) is 24.4. The van der Waals surface area contributed by atoms with E-state index >= 15 is 0 Å². The summed E-state index contributed by atoms with van der Waals surface area (Å²) in [6.45, 7) is 5.00. The van der Waals surface area contributed by atoms with E-state index in [1.165, 1.54) is 17.8 Å². The molecule has 0 atom stereocenters. The Morgan fingerprint density at radius 3 is 2.29 bits per heavy atom. The van der Waals surface area contributed by atoms with E-state index in [1.807, 2.05) is 15.9 Å². The van der Waals surface area contributed by atoms with Crippen molar-refractivity contribution in [3.05, 3.63) is 41.3 Å². The molecule has 2 aromatic rings. The van der Waals surface area contributed by atoms with E-state index in [-0.39, 0.29) is 29.3 Å². The number of carbonyl (C=O) groups excluding carboxylic acids is 2. The van der Waals surface area contributed by atoms with Gasteiger partial charge >= 0.3 is 0 Å². The van der Waals surface area contributed by atoms with Crippen molar-refractivity contribution >= 4 is 46.7 Å². The summed E-state index contributed by atoms with van der Waals surface area (Å²) in [6, 6.07) is 8.44. The number of halogens is 2. The molecule has 1 aromatic carbocycles. The second-order valence-electron chi connectivity index (χ2n) is 9.03. The van der Waals surface area contributed by atoms with Gasteiger partial charge < -0.3 is 19.6 Å². The molecule has 1 aliphatic carbocycles. The van der Waals surface area contributed by atoms with Crippen LogP contribution in [0, 0.1) is 11.7 Å². The zero-order valence-electron chi connectivity index (χ0n) is 19.4. The molecule has 11 heteroatoms. The standard InChI is InChI=1S/C24H28ClFN6O2S/c25-20-15-21(30-9-13-32(14-10-30)23(34)17-5-6-17)28-24(27-20)35-16-22(33)31-11-7-29(8-12-31)19-4-2-1-3-18(19)26/h1-4,15,17H,5-14,16H2. The van der Waals surface area contributed by atoms with Crippen molar-refractivity contribution in [1.82, 2.24) is 19.8 Å². The van der Waals surface area contributed by atoms with Crippen LogP contribution in [0.5, 0.6) is 0 Å². The molecule has 8 nitrogen and oxygen atoms in total. The van der Waals surface area contributed by atoms with Gasteiger partial charge in [0.15, 0.2) is 5.16 Å². The van der Waals surface area contributed by atoms with Gasteiger partial charge in [0.1, 0.15) is 16.8 Å². The largest absolute Gasteiger partial charge is 0.366 e. The Balaban J connectivity index is 1.12. The molecule has 0 spiro atoms. The van der Waals surface area contributed by atoms with E-state index < -0.39 is 0 Å². The van der Waals surface area contributed by atoms with E-state index in [2.05, 4.69) is 14.9 Å². The number of thioether (sulfide) groups is 1. The summed E-state index contributed by atoms with van der Waals surface area (Å²) in [5, 5.41) is 0.794. The van der Waals surface area contributed by atoms with Crippen LogP contribution in [0.25, 0.3) is 0 Å². The van der Waals surface area contributed by atoms with Crippen LogP contribution in [0.15, 0.2) is 35.5 Å². The van der Waals surface area contributed by atoms with Gasteiger partial charge in [0.05, 0.1) is 11.4 Å². The maximum atomic E-state index is 14.1. The van der Waals surface area contributed by atoms with Crippen LogP contribution in [0.4, 0.5) is 15.9 Å². The maximum absolute atomic E-state index is 14.1. The molecule has 2 amide bonds. The predicted molar refractivity (Wildman–Crippen MR) is 134 cm³/mol. The first kappa shape index (κ1) is 24.1. The van der Waals surface area contributed by atoms with Crippen molar-refractivity contribution in [1.29, 1.82) is 0 Å². The summed E-state index contributed by atoms with van der Waals surface area (Å²) < 4.78 is 14.1. The van der Waals surface area contributed by atoms with Gasteiger partial charge in [-0.2, -0.15) is 0 Å². The zero-order valence-corrected chi connectivity index (χ0v) is 21.0. The molecule has 3 heterocycles. The van der Waals surface area contributed by atoms with Crippen LogP contribution in [0.3, 0.4) is 0 Å². The van der Waals surface area contributed by atoms with Crippen molar-refractivity contribution in [3.63, 3.8) is 0 Å². The minimum Gasteiger partial charge on any atom is -0.366 e. The average molecular weight is 519 g/mol. The van der Waals surface area contributed by atoms with Crippen LogP contribution in [-0.4, -0.2) is 89.7 Å². The SMILES string of the molecule is O=C(CSc1nc(Cl)cc(N2CCN(C(=O)C3CC3)CC2)n1)N1CCN(c2ccccc2F)CC1. The number of rotatable bonds is 6. The summed E-state index contributed by atoms with van der Waals surface area (Å²) in [4.78, 5) is 41.8. The van der Waals surface area contributed by atoms with Crippen LogP contribution in [0.2, 0.25) is 5.15 Å². The van der Waals surface area contributed by atoms with E-state index in [0.717, 1.165) is 18.7 Å². The quantitative estimate of drug-likeness (QED) is 0.331. The van der Waals surface area contributed by atoms with Crippen LogP contribution < -0.4 is 9.80 Å². The molecule has 3 aliphatic rings. The first-order valence-electron chi connectivity index (χ1n) is 12.0. The number of carbonyl (C=O) groups is 2. The topological polar surface area (TPSA) is 72.9 Å². The lowest BCUT2D eigenvalue weighted by molar-refractivity contribution is -0.133. The van der Waals surface area contributed by atoms with E-state index in [4.69, 9.17) is 11.6 Å². The number of piperazine rings is 2. The molecule has 1 aromatic heterocycles. The van der Waals surface area contributed by atoms with Gasteiger partial charge in [-0.25, -0.2) is 14.4 Å². The number of benzene rings is 1. The predicted octanol–water partition coefficient (Wildman–Crippen LogP) is 2.77. The molecular weight excluding hydrogens is 491 g/mol. The van der Waals surface area contributed by atoms with Gasteiger partial charge in [0.2, 0.25) is 11.8 Å². The molecule has 0 bridgehead atoms. The van der Waals surface area contributed by atoms with Gasteiger partial charge in [0.25, 0.3) is 0 Å². The summed E-state index contributed by atoms with van der Waals surface area (Å²) in [7, 11) is 0.